The third kappa shape index (κ3) is 2.85. The van der Waals surface area contributed by atoms with Gasteiger partial charge < -0.3 is 10.1 Å². The first-order valence-corrected chi connectivity index (χ1v) is 8.05. The van der Waals surface area contributed by atoms with Crippen molar-refractivity contribution in [2.24, 2.45) is 10.4 Å². The minimum atomic E-state index is 0.224. The highest BCUT2D eigenvalue weighted by molar-refractivity contribution is 8.14. The largest absolute Gasteiger partial charge is 0.378 e. The van der Waals surface area contributed by atoms with Crippen LogP contribution in [0.1, 0.15) is 47.0 Å². The Hall–Kier alpha value is -0.220. The molecule has 1 saturated carbocycles. The Kier molecular flexibility index (Phi) is 4.59. The molecule has 0 aromatic heterocycles. The Bertz CT molecular complexity index is 317. The van der Waals surface area contributed by atoms with E-state index in [1.54, 1.807) is 0 Å². The molecule has 0 spiro atoms. The SMILES string of the molecule is CCCC1CN=C(NC2CC(OCC)C2(C)C)S1. The summed E-state index contributed by atoms with van der Waals surface area (Å²) in [6.07, 6.45) is 4.04. The van der Waals surface area contributed by atoms with E-state index in [9.17, 15) is 0 Å². The van der Waals surface area contributed by atoms with E-state index in [1.807, 2.05) is 11.8 Å². The molecule has 2 aliphatic rings. The lowest BCUT2D eigenvalue weighted by Crippen LogP contribution is -2.61. The average molecular weight is 270 g/mol. The fourth-order valence-electron chi connectivity index (χ4n) is 2.73. The fraction of sp³-hybridized carbons (Fsp3) is 0.929. The van der Waals surface area contributed by atoms with Crippen molar-refractivity contribution < 1.29 is 4.74 Å². The fourth-order valence-corrected chi connectivity index (χ4v) is 3.91. The van der Waals surface area contributed by atoms with Crippen LogP contribution in [0.15, 0.2) is 4.99 Å². The van der Waals surface area contributed by atoms with Crippen molar-refractivity contribution in [2.75, 3.05) is 13.2 Å². The van der Waals surface area contributed by atoms with Crippen molar-refractivity contribution >= 4 is 16.9 Å². The van der Waals surface area contributed by atoms with Gasteiger partial charge in [-0.05, 0) is 19.8 Å². The van der Waals surface area contributed by atoms with Gasteiger partial charge in [-0.2, -0.15) is 0 Å². The van der Waals surface area contributed by atoms with Crippen LogP contribution in [0.5, 0.6) is 0 Å². The highest BCUT2D eigenvalue weighted by Crippen LogP contribution is 2.43. The molecular formula is C14H26N2OS. The number of amidine groups is 1. The van der Waals surface area contributed by atoms with Gasteiger partial charge in [0.1, 0.15) is 0 Å². The van der Waals surface area contributed by atoms with E-state index in [2.05, 4.69) is 38.0 Å². The van der Waals surface area contributed by atoms with Crippen LogP contribution >= 0.6 is 11.8 Å². The summed E-state index contributed by atoms with van der Waals surface area (Å²) in [4.78, 5) is 4.62. The van der Waals surface area contributed by atoms with Crippen LogP contribution < -0.4 is 5.32 Å². The standard InChI is InChI=1S/C14H26N2OS/c1-5-7-10-9-15-13(18-10)16-11-8-12(17-6-2)14(11,3)4/h10-12H,5-9H2,1-4H3,(H,15,16). The van der Waals surface area contributed by atoms with Gasteiger partial charge in [0, 0.05) is 23.3 Å². The van der Waals surface area contributed by atoms with E-state index < -0.39 is 0 Å². The third-order valence-corrected chi connectivity index (χ3v) is 5.36. The zero-order valence-electron chi connectivity index (χ0n) is 12.0. The third-order valence-electron chi connectivity index (χ3n) is 4.17. The lowest BCUT2D eigenvalue weighted by Gasteiger charge is -2.51. The van der Waals surface area contributed by atoms with E-state index in [0.29, 0.717) is 17.4 Å². The lowest BCUT2D eigenvalue weighted by atomic mass is 9.64. The van der Waals surface area contributed by atoms with E-state index in [1.165, 1.54) is 12.8 Å². The van der Waals surface area contributed by atoms with E-state index in [-0.39, 0.29) is 5.41 Å². The van der Waals surface area contributed by atoms with Gasteiger partial charge in [-0.1, -0.05) is 39.0 Å². The first-order valence-electron chi connectivity index (χ1n) is 7.17. The summed E-state index contributed by atoms with van der Waals surface area (Å²) >= 11 is 1.93. The number of nitrogens with zero attached hydrogens (tertiary/aromatic N) is 1. The normalized spacial score (nSPS) is 34.0. The maximum atomic E-state index is 5.76. The number of aliphatic imine (C=N–C) groups is 1. The number of rotatable bonds is 5. The summed E-state index contributed by atoms with van der Waals surface area (Å²) < 4.78 is 5.76. The zero-order valence-corrected chi connectivity index (χ0v) is 12.8. The number of nitrogens with one attached hydrogen (secondary N) is 1. The molecule has 0 aromatic rings. The molecule has 0 radical (unpaired) electrons. The average Bonchev–Trinajstić information content (AvgIpc) is 2.76. The van der Waals surface area contributed by atoms with Gasteiger partial charge in [0.15, 0.2) is 5.17 Å². The Morgan fingerprint density at radius 3 is 2.83 bits per heavy atom. The molecule has 0 amide bonds. The number of ether oxygens (including phenoxy) is 1. The van der Waals surface area contributed by atoms with Gasteiger partial charge in [-0.3, -0.25) is 4.99 Å². The van der Waals surface area contributed by atoms with Crippen molar-refractivity contribution in [1.29, 1.82) is 0 Å². The summed E-state index contributed by atoms with van der Waals surface area (Å²) in [7, 11) is 0. The van der Waals surface area contributed by atoms with Crippen LogP contribution in [-0.2, 0) is 4.74 Å². The van der Waals surface area contributed by atoms with Crippen molar-refractivity contribution in [2.45, 2.75) is 64.4 Å². The molecule has 1 fully saturated rings. The molecule has 0 saturated heterocycles. The quantitative estimate of drug-likeness (QED) is 0.833. The van der Waals surface area contributed by atoms with Crippen molar-refractivity contribution in [3.05, 3.63) is 0 Å². The Morgan fingerprint density at radius 2 is 2.22 bits per heavy atom. The number of hydrogen-bond donors (Lipinski definition) is 1. The summed E-state index contributed by atoms with van der Waals surface area (Å²) in [6, 6.07) is 0.515. The predicted molar refractivity (Wildman–Crippen MR) is 79.3 cm³/mol. The van der Waals surface area contributed by atoms with Crippen molar-refractivity contribution in [1.82, 2.24) is 5.32 Å². The summed E-state index contributed by atoms with van der Waals surface area (Å²) in [5, 5.41) is 5.47. The molecule has 104 valence electrons. The number of hydrogen-bond acceptors (Lipinski definition) is 4. The molecule has 4 heteroatoms. The van der Waals surface area contributed by atoms with Crippen molar-refractivity contribution in [3.8, 4) is 0 Å². The van der Waals surface area contributed by atoms with Crippen molar-refractivity contribution in [3.63, 3.8) is 0 Å². The molecular weight excluding hydrogens is 244 g/mol. The monoisotopic (exact) mass is 270 g/mol. The Balaban J connectivity index is 1.79. The van der Waals surface area contributed by atoms with Gasteiger partial charge in [-0.15, -0.1) is 0 Å². The molecule has 3 atom stereocenters. The predicted octanol–water partition coefficient (Wildman–Crippen LogP) is 3.05. The van der Waals surface area contributed by atoms with Crippen LogP contribution in [0.25, 0.3) is 0 Å². The van der Waals surface area contributed by atoms with Crippen LogP contribution in [-0.4, -0.2) is 35.7 Å². The molecule has 3 nitrogen and oxygen atoms in total. The summed E-state index contributed by atoms with van der Waals surface area (Å²) in [5.74, 6) is 0. The van der Waals surface area contributed by atoms with Crippen LogP contribution in [0.3, 0.4) is 0 Å². The van der Waals surface area contributed by atoms with Gasteiger partial charge in [0.2, 0.25) is 0 Å². The minimum Gasteiger partial charge on any atom is -0.378 e. The topological polar surface area (TPSA) is 33.6 Å². The second-order valence-electron chi connectivity index (χ2n) is 5.87. The second-order valence-corrected chi connectivity index (χ2v) is 7.16. The number of thioether (sulfide) groups is 1. The smallest absolute Gasteiger partial charge is 0.157 e. The minimum absolute atomic E-state index is 0.224. The summed E-state index contributed by atoms with van der Waals surface area (Å²) in [6.45, 7) is 10.7. The van der Waals surface area contributed by atoms with Gasteiger partial charge in [0.25, 0.3) is 0 Å². The van der Waals surface area contributed by atoms with Crippen LogP contribution in [0.2, 0.25) is 0 Å². The molecule has 1 N–H and O–H groups in total. The van der Waals surface area contributed by atoms with E-state index in [4.69, 9.17) is 4.74 Å². The maximum Gasteiger partial charge on any atom is 0.157 e. The molecule has 18 heavy (non-hydrogen) atoms. The Morgan fingerprint density at radius 1 is 1.44 bits per heavy atom. The highest BCUT2D eigenvalue weighted by atomic mass is 32.2. The lowest BCUT2D eigenvalue weighted by molar-refractivity contribution is -0.109. The molecule has 2 rings (SSSR count). The van der Waals surface area contributed by atoms with Crippen LogP contribution in [0.4, 0.5) is 0 Å². The highest BCUT2D eigenvalue weighted by Gasteiger charge is 2.49. The molecule has 1 heterocycles. The van der Waals surface area contributed by atoms with Gasteiger partial charge >= 0.3 is 0 Å². The van der Waals surface area contributed by atoms with Gasteiger partial charge in [-0.25, -0.2) is 0 Å². The van der Waals surface area contributed by atoms with Crippen LogP contribution in [0, 0.1) is 5.41 Å². The molecule has 3 unspecified atom stereocenters. The molecule has 0 aromatic carbocycles. The maximum absolute atomic E-state index is 5.76. The van der Waals surface area contributed by atoms with E-state index >= 15 is 0 Å². The second kappa shape index (κ2) is 5.83. The van der Waals surface area contributed by atoms with E-state index in [0.717, 1.165) is 24.7 Å². The Labute approximate surface area is 115 Å². The van der Waals surface area contributed by atoms with Gasteiger partial charge in [0.05, 0.1) is 12.6 Å². The zero-order chi connectivity index (χ0) is 13.2. The molecule has 1 aliphatic heterocycles. The summed E-state index contributed by atoms with van der Waals surface area (Å²) in [5.41, 5.74) is 0.224. The molecule has 1 aliphatic carbocycles. The molecule has 0 bridgehead atoms. The first kappa shape index (κ1) is 14.2. The first-order chi connectivity index (χ1) is 8.57.